The van der Waals surface area contributed by atoms with E-state index in [1.54, 1.807) is 11.9 Å². The van der Waals surface area contributed by atoms with Crippen molar-refractivity contribution < 1.29 is 18.4 Å². The van der Waals surface area contributed by atoms with E-state index in [0.717, 1.165) is 6.07 Å². The topological polar surface area (TPSA) is 69.3 Å². The number of rotatable bonds is 5. The Labute approximate surface area is 121 Å². The molecule has 21 heavy (non-hydrogen) atoms. The first-order chi connectivity index (χ1) is 9.92. The van der Waals surface area contributed by atoms with Gasteiger partial charge in [0.05, 0.1) is 0 Å². The van der Waals surface area contributed by atoms with Crippen LogP contribution >= 0.6 is 0 Å². The summed E-state index contributed by atoms with van der Waals surface area (Å²) in [5, 5.41) is 5.75. The van der Waals surface area contributed by atoms with E-state index < -0.39 is 12.3 Å². The van der Waals surface area contributed by atoms with Gasteiger partial charge >= 0.3 is 0 Å². The van der Waals surface area contributed by atoms with E-state index in [-0.39, 0.29) is 23.2 Å². The van der Waals surface area contributed by atoms with Crippen LogP contribution in [0, 0.1) is 5.92 Å². The zero-order valence-electron chi connectivity index (χ0n) is 12.0. The summed E-state index contributed by atoms with van der Waals surface area (Å²) >= 11 is 0. The number of aromatic nitrogens is 2. The standard InChI is InChI=1S/C13H18F2N4O2/c1-3-19-7-8(4-11(19)20)6-18(2)13(21)10-5-9(12(14)15)16-17-10/h5,8,12H,3-4,6-7H2,1-2H3,(H,16,17)/t8-/m1/s1. The van der Waals surface area contributed by atoms with Gasteiger partial charge in [0.1, 0.15) is 5.69 Å². The third-order valence-electron chi connectivity index (χ3n) is 3.61. The molecule has 1 aromatic rings. The molecule has 0 bridgehead atoms. The van der Waals surface area contributed by atoms with E-state index in [1.807, 2.05) is 6.92 Å². The van der Waals surface area contributed by atoms with Gasteiger partial charge in [-0.05, 0) is 13.0 Å². The van der Waals surface area contributed by atoms with Gasteiger partial charge < -0.3 is 9.80 Å². The molecular weight excluding hydrogens is 282 g/mol. The molecule has 1 N–H and O–H groups in total. The maximum absolute atomic E-state index is 12.5. The van der Waals surface area contributed by atoms with Crippen molar-refractivity contribution in [3.05, 3.63) is 17.5 Å². The molecule has 0 aliphatic carbocycles. The largest absolute Gasteiger partial charge is 0.343 e. The highest BCUT2D eigenvalue weighted by atomic mass is 19.3. The molecule has 2 rings (SSSR count). The van der Waals surface area contributed by atoms with Gasteiger partial charge in [-0.25, -0.2) is 8.78 Å². The highest BCUT2D eigenvalue weighted by Crippen LogP contribution is 2.20. The van der Waals surface area contributed by atoms with Crippen LogP contribution in [0.15, 0.2) is 6.07 Å². The fourth-order valence-corrected chi connectivity index (χ4v) is 2.51. The fourth-order valence-electron chi connectivity index (χ4n) is 2.51. The molecule has 1 aliphatic heterocycles. The van der Waals surface area contributed by atoms with Crippen LogP contribution in [-0.2, 0) is 4.79 Å². The number of hydrogen-bond donors (Lipinski definition) is 1. The molecule has 1 fully saturated rings. The van der Waals surface area contributed by atoms with Gasteiger partial charge in [-0.3, -0.25) is 14.7 Å². The molecule has 8 heteroatoms. The van der Waals surface area contributed by atoms with E-state index in [1.165, 1.54) is 4.90 Å². The van der Waals surface area contributed by atoms with Crippen molar-refractivity contribution in [3.63, 3.8) is 0 Å². The summed E-state index contributed by atoms with van der Waals surface area (Å²) in [6, 6.07) is 1.06. The Morgan fingerprint density at radius 3 is 2.86 bits per heavy atom. The molecule has 6 nitrogen and oxygen atoms in total. The summed E-state index contributed by atoms with van der Waals surface area (Å²) < 4.78 is 24.9. The molecule has 1 atom stereocenters. The van der Waals surface area contributed by atoms with Crippen molar-refractivity contribution in [2.45, 2.75) is 19.8 Å². The number of alkyl halides is 2. The van der Waals surface area contributed by atoms with Crippen molar-refractivity contribution in [1.29, 1.82) is 0 Å². The number of hydrogen-bond acceptors (Lipinski definition) is 3. The van der Waals surface area contributed by atoms with Crippen LogP contribution in [0.4, 0.5) is 8.78 Å². The third-order valence-corrected chi connectivity index (χ3v) is 3.61. The first kappa shape index (κ1) is 15.4. The zero-order valence-corrected chi connectivity index (χ0v) is 12.0. The van der Waals surface area contributed by atoms with E-state index in [4.69, 9.17) is 0 Å². The number of carbonyl (C=O) groups is 2. The first-order valence-electron chi connectivity index (χ1n) is 6.79. The van der Waals surface area contributed by atoms with Crippen molar-refractivity contribution in [2.24, 2.45) is 5.92 Å². The lowest BCUT2D eigenvalue weighted by Crippen LogP contribution is -2.33. The highest BCUT2D eigenvalue weighted by Gasteiger charge is 2.30. The normalized spacial score (nSPS) is 18.6. The molecule has 0 saturated carbocycles. The average molecular weight is 300 g/mol. The maximum Gasteiger partial charge on any atom is 0.279 e. The Hall–Kier alpha value is -1.99. The Bertz CT molecular complexity index is 532. The van der Waals surface area contributed by atoms with Crippen LogP contribution in [-0.4, -0.2) is 58.5 Å². The third kappa shape index (κ3) is 3.37. The number of H-pyrrole nitrogens is 1. The van der Waals surface area contributed by atoms with Crippen molar-refractivity contribution in [3.8, 4) is 0 Å². The first-order valence-corrected chi connectivity index (χ1v) is 6.79. The molecule has 1 saturated heterocycles. The molecule has 0 aromatic carbocycles. The second kappa shape index (κ2) is 6.19. The van der Waals surface area contributed by atoms with Gasteiger partial charge in [-0.1, -0.05) is 0 Å². The van der Waals surface area contributed by atoms with E-state index in [0.29, 0.717) is 26.1 Å². The molecule has 0 radical (unpaired) electrons. The number of likely N-dealkylation sites (tertiary alicyclic amines) is 1. The highest BCUT2D eigenvalue weighted by molar-refractivity contribution is 5.92. The molecular formula is C13H18F2N4O2. The van der Waals surface area contributed by atoms with Gasteiger partial charge in [0.2, 0.25) is 5.91 Å². The van der Waals surface area contributed by atoms with Crippen LogP contribution in [0.3, 0.4) is 0 Å². The monoisotopic (exact) mass is 300 g/mol. The summed E-state index contributed by atoms with van der Waals surface area (Å²) in [7, 11) is 1.58. The number of aromatic amines is 1. The summed E-state index contributed by atoms with van der Waals surface area (Å²) in [5.41, 5.74) is -0.413. The van der Waals surface area contributed by atoms with Gasteiger partial charge in [-0.15, -0.1) is 0 Å². The van der Waals surface area contributed by atoms with E-state index >= 15 is 0 Å². The van der Waals surface area contributed by atoms with Gasteiger partial charge in [0.25, 0.3) is 12.3 Å². The van der Waals surface area contributed by atoms with Crippen molar-refractivity contribution >= 4 is 11.8 Å². The lowest BCUT2D eigenvalue weighted by atomic mass is 10.1. The Morgan fingerprint density at radius 1 is 1.62 bits per heavy atom. The molecule has 2 amide bonds. The van der Waals surface area contributed by atoms with Gasteiger partial charge in [-0.2, -0.15) is 5.10 Å². The molecule has 1 aliphatic rings. The smallest absolute Gasteiger partial charge is 0.279 e. The Balaban J connectivity index is 1.95. The van der Waals surface area contributed by atoms with Crippen molar-refractivity contribution in [2.75, 3.05) is 26.7 Å². The minimum absolute atomic E-state index is 0.0375. The van der Waals surface area contributed by atoms with Crippen LogP contribution in [0.25, 0.3) is 0 Å². The van der Waals surface area contributed by atoms with Crippen LogP contribution in [0.1, 0.15) is 36.0 Å². The predicted octanol–water partition coefficient (Wildman–Crippen LogP) is 1.29. The molecule has 2 heterocycles. The second-order valence-corrected chi connectivity index (χ2v) is 5.20. The number of amides is 2. The summed E-state index contributed by atoms with van der Waals surface area (Å²) in [5.74, 6) is -0.274. The quantitative estimate of drug-likeness (QED) is 0.891. The fraction of sp³-hybridized carbons (Fsp3) is 0.615. The lowest BCUT2D eigenvalue weighted by Gasteiger charge is -2.20. The average Bonchev–Trinajstić information content (AvgIpc) is 3.04. The minimum Gasteiger partial charge on any atom is -0.343 e. The van der Waals surface area contributed by atoms with Gasteiger partial charge in [0.15, 0.2) is 5.69 Å². The lowest BCUT2D eigenvalue weighted by molar-refractivity contribution is -0.127. The second-order valence-electron chi connectivity index (χ2n) is 5.20. The molecule has 0 unspecified atom stereocenters. The minimum atomic E-state index is -2.69. The predicted molar refractivity (Wildman–Crippen MR) is 70.9 cm³/mol. The SMILES string of the molecule is CCN1C[C@@H](CN(C)C(=O)c2cc(C(F)F)[nH]n2)CC1=O. The Kier molecular flexibility index (Phi) is 4.54. The van der Waals surface area contributed by atoms with E-state index in [9.17, 15) is 18.4 Å². The number of nitrogens with zero attached hydrogens (tertiary/aromatic N) is 3. The van der Waals surface area contributed by atoms with Gasteiger partial charge in [0, 0.05) is 39.0 Å². The zero-order chi connectivity index (χ0) is 15.6. The van der Waals surface area contributed by atoms with Crippen molar-refractivity contribution in [1.82, 2.24) is 20.0 Å². The molecule has 116 valence electrons. The molecule has 1 aromatic heterocycles. The summed E-state index contributed by atoms with van der Waals surface area (Å²) in [6.45, 7) is 3.59. The van der Waals surface area contributed by atoms with Crippen LogP contribution in [0.5, 0.6) is 0 Å². The van der Waals surface area contributed by atoms with E-state index in [2.05, 4.69) is 10.2 Å². The van der Waals surface area contributed by atoms with Crippen LogP contribution in [0.2, 0.25) is 0 Å². The summed E-state index contributed by atoms with van der Waals surface area (Å²) in [4.78, 5) is 26.9. The number of carbonyl (C=O) groups excluding carboxylic acids is 2. The number of halogens is 2. The number of nitrogens with one attached hydrogen (secondary N) is 1. The van der Waals surface area contributed by atoms with Crippen LogP contribution < -0.4 is 0 Å². The Morgan fingerprint density at radius 2 is 2.33 bits per heavy atom. The molecule has 0 spiro atoms. The summed E-state index contributed by atoms with van der Waals surface area (Å²) in [6.07, 6.45) is -2.27. The maximum atomic E-state index is 12.5.